The highest BCUT2D eigenvalue weighted by molar-refractivity contribution is 7.12. The van der Waals surface area contributed by atoms with Crippen molar-refractivity contribution in [2.45, 2.75) is 45.2 Å². The number of rotatable bonds is 8. The van der Waals surface area contributed by atoms with Crippen LogP contribution in [0.15, 0.2) is 41.8 Å². The normalized spacial score (nSPS) is 16.2. The van der Waals surface area contributed by atoms with Gasteiger partial charge in [0.15, 0.2) is 0 Å². The Hall–Kier alpha value is -2.87. The number of carbonyl (C=O) groups is 3. The van der Waals surface area contributed by atoms with Crippen molar-refractivity contribution in [3.63, 3.8) is 0 Å². The van der Waals surface area contributed by atoms with Gasteiger partial charge in [0.05, 0.1) is 12.0 Å². The molecule has 2 heterocycles. The van der Waals surface area contributed by atoms with Crippen LogP contribution in [0.3, 0.4) is 0 Å². The molecule has 8 heteroatoms. The van der Waals surface area contributed by atoms with Crippen LogP contribution < -0.4 is 15.4 Å². The summed E-state index contributed by atoms with van der Waals surface area (Å²) < 4.78 is 5.21. The maximum atomic E-state index is 13.1. The van der Waals surface area contributed by atoms with Crippen LogP contribution in [0.25, 0.3) is 0 Å². The minimum atomic E-state index is -0.665. The molecule has 0 unspecified atom stereocenters. The van der Waals surface area contributed by atoms with Gasteiger partial charge in [-0.2, -0.15) is 0 Å². The number of ether oxygens (including phenoxy) is 1. The molecule has 3 amide bonds. The molecular formula is C24H31N3O4S. The lowest BCUT2D eigenvalue weighted by Gasteiger charge is -2.36. The van der Waals surface area contributed by atoms with Crippen LogP contribution in [0.5, 0.6) is 5.75 Å². The summed E-state index contributed by atoms with van der Waals surface area (Å²) in [7, 11) is 1.55. The number of thiophene rings is 1. The van der Waals surface area contributed by atoms with Gasteiger partial charge in [-0.3, -0.25) is 14.4 Å². The first-order valence-corrected chi connectivity index (χ1v) is 11.9. The number of carbonyl (C=O) groups excluding carboxylic acids is 3. The van der Waals surface area contributed by atoms with E-state index in [2.05, 4.69) is 10.6 Å². The highest BCUT2D eigenvalue weighted by Gasteiger charge is 2.34. The maximum Gasteiger partial charge on any atom is 0.263 e. The van der Waals surface area contributed by atoms with Crippen LogP contribution in [0.4, 0.5) is 0 Å². The summed E-state index contributed by atoms with van der Waals surface area (Å²) in [6, 6.07) is 9.91. The van der Waals surface area contributed by atoms with Crippen molar-refractivity contribution in [2.24, 2.45) is 5.92 Å². The number of hydrogen-bond acceptors (Lipinski definition) is 5. The average Bonchev–Trinajstić information content (AvgIpc) is 3.37. The van der Waals surface area contributed by atoms with Gasteiger partial charge in [-0.05, 0) is 61.7 Å². The molecule has 0 bridgehead atoms. The predicted octanol–water partition coefficient (Wildman–Crippen LogP) is 3.32. The van der Waals surface area contributed by atoms with Gasteiger partial charge in [-0.1, -0.05) is 19.1 Å². The van der Waals surface area contributed by atoms with Crippen LogP contribution in [0.1, 0.15) is 53.1 Å². The van der Waals surface area contributed by atoms with E-state index in [1.165, 1.54) is 11.3 Å². The lowest BCUT2D eigenvalue weighted by Crippen LogP contribution is -2.55. The zero-order valence-corrected chi connectivity index (χ0v) is 19.6. The van der Waals surface area contributed by atoms with E-state index >= 15 is 0 Å². The molecule has 1 fully saturated rings. The van der Waals surface area contributed by atoms with Crippen molar-refractivity contribution in [2.75, 3.05) is 20.2 Å². The summed E-state index contributed by atoms with van der Waals surface area (Å²) in [6.45, 7) is 5.07. The first kappa shape index (κ1) is 23.8. The minimum absolute atomic E-state index is 0.0132. The number of piperidine rings is 1. The molecule has 7 nitrogen and oxygen atoms in total. The lowest BCUT2D eigenvalue weighted by molar-refractivity contribution is -0.125. The Balaban J connectivity index is 1.70. The van der Waals surface area contributed by atoms with Crippen molar-refractivity contribution in [3.05, 3.63) is 52.2 Å². The van der Waals surface area contributed by atoms with Gasteiger partial charge in [0.25, 0.3) is 11.8 Å². The fourth-order valence-corrected chi connectivity index (χ4v) is 4.50. The van der Waals surface area contributed by atoms with E-state index in [0.29, 0.717) is 37.2 Å². The van der Waals surface area contributed by atoms with Gasteiger partial charge in [0, 0.05) is 24.7 Å². The van der Waals surface area contributed by atoms with E-state index in [1.54, 1.807) is 31.4 Å². The number of methoxy groups -OCH3 is 1. The van der Waals surface area contributed by atoms with Gasteiger partial charge in [0.1, 0.15) is 11.8 Å². The summed E-state index contributed by atoms with van der Waals surface area (Å²) in [5.41, 5.74) is 0.441. The molecule has 1 saturated heterocycles. The third-order valence-corrected chi connectivity index (χ3v) is 6.79. The third kappa shape index (κ3) is 5.88. The van der Waals surface area contributed by atoms with E-state index in [0.717, 1.165) is 11.3 Å². The molecule has 0 saturated carbocycles. The highest BCUT2D eigenvalue weighted by Crippen LogP contribution is 2.24. The molecule has 2 atom stereocenters. The van der Waals surface area contributed by atoms with Crippen molar-refractivity contribution in [1.82, 2.24) is 15.5 Å². The van der Waals surface area contributed by atoms with Crippen LogP contribution in [-0.4, -0.2) is 54.9 Å². The van der Waals surface area contributed by atoms with Gasteiger partial charge >= 0.3 is 0 Å². The summed E-state index contributed by atoms with van der Waals surface area (Å²) in [6.07, 6.45) is 2.10. The Bertz CT molecular complexity index is 923. The smallest absolute Gasteiger partial charge is 0.263 e. The molecule has 2 aromatic rings. The van der Waals surface area contributed by atoms with Gasteiger partial charge in [-0.15, -0.1) is 11.3 Å². The number of hydrogen-bond donors (Lipinski definition) is 2. The number of nitrogens with one attached hydrogen (secondary N) is 2. The summed E-state index contributed by atoms with van der Waals surface area (Å²) in [4.78, 5) is 41.2. The quantitative estimate of drug-likeness (QED) is 0.637. The van der Waals surface area contributed by atoms with E-state index < -0.39 is 6.04 Å². The lowest BCUT2D eigenvalue weighted by atomic mass is 9.88. The van der Waals surface area contributed by atoms with E-state index in [-0.39, 0.29) is 29.7 Å². The second kappa shape index (κ2) is 11.1. The summed E-state index contributed by atoms with van der Waals surface area (Å²) in [5, 5.41) is 7.84. The number of nitrogens with zero attached hydrogens (tertiary/aromatic N) is 1. The molecule has 172 valence electrons. The number of likely N-dealkylation sites (tertiary alicyclic amines) is 1. The largest absolute Gasteiger partial charge is 0.497 e. The molecule has 3 rings (SSSR count). The molecule has 0 radical (unpaired) electrons. The highest BCUT2D eigenvalue weighted by atomic mass is 32.1. The zero-order valence-electron chi connectivity index (χ0n) is 18.8. The van der Waals surface area contributed by atoms with E-state index in [9.17, 15) is 14.4 Å². The van der Waals surface area contributed by atoms with E-state index in [4.69, 9.17) is 4.74 Å². The monoisotopic (exact) mass is 457 g/mol. The maximum absolute atomic E-state index is 13.1. The number of amides is 3. The molecule has 1 aliphatic rings. The molecule has 1 aromatic carbocycles. The Morgan fingerprint density at radius 1 is 1.16 bits per heavy atom. The third-order valence-electron chi connectivity index (χ3n) is 5.93. The topological polar surface area (TPSA) is 87.7 Å². The van der Waals surface area contributed by atoms with Crippen molar-refractivity contribution in [1.29, 1.82) is 0 Å². The molecular weight excluding hydrogens is 426 g/mol. The molecule has 32 heavy (non-hydrogen) atoms. The zero-order chi connectivity index (χ0) is 23.1. The van der Waals surface area contributed by atoms with Crippen molar-refractivity contribution >= 4 is 29.1 Å². The fraction of sp³-hybridized carbons (Fsp3) is 0.458. The van der Waals surface area contributed by atoms with Gasteiger partial charge in [0.2, 0.25) is 5.91 Å². The Kier molecular flexibility index (Phi) is 8.27. The minimum Gasteiger partial charge on any atom is -0.497 e. The Labute approximate surface area is 193 Å². The fourth-order valence-electron chi connectivity index (χ4n) is 3.81. The van der Waals surface area contributed by atoms with Crippen LogP contribution in [0, 0.1) is 5.92 Å². The van der Waals surface area contributed by atoms with Crippen LogP contribution in [-0.2, 0) is 4.79 Å². The SMILES string of the molecule is CC[C@@H](C)NC(=O)[C@@H](NC(=O)c1cccc(OC)c1)C1CCN(C(=O)c2cccs2)CC1. The molecule has 1 aromatic heterocycles. The number of benzene rings is 1. The molecule has 2 N–H and O–H groups in total. The molecule has 1 aliphatic heterocycles. The second-order valence-electron chi connectivity index (χ2n) is 8.11. The van der Waals surface area contributed by atoms with Crippen LogP contribution in [0.2, 0.25) is 0 Å². The molecule has 0 spiro atoms. The first-order chi connectivity index (χ1) is 15.4. The van der Waals surface area contributed by atoms with Gasteiger partial charge < -0.3 is 20.3 Å². The second-order valence-corrected chi connectivity index (χ2v) is 9.06. The Morgan fingerprint density at radius 3 is 2.53 bits per heavy atom. The first-order valence-electron chi connectivity index (χ1n) is 11.0. The van der Waals surface area contributed by atoms with Crippen LogP contribution >= 0.6 is 11.3 Å². The Morgan fingerprint density at radius 2 is 1.91 bits per heavy atom. The molecule has 0 aliphatic carbocycles. The summed E-state index contributed by atoms with van der Waals surface area (Å²) in [5.74, 6) is 0.0584. The standard InChI is InChI=1S/C24H31N3O4S/c1-4-16(2)25-23(29)21(26-22(28)18-7-5-8-19(15-18)31-3)17-10-12-27(13-11-17)24(30)20-9-6-14-32-20/h5-9,14-17,21H,4,10-13H2,1-3H3,(H,25,29)(H,26,28)/t16-,21+/m1/s1. The summed E-state index contributed by atoms with van der Waals surface area (Å²) >= 11 is 1.43. The van der Waals surface area contributed by atoms with E-state index in [1.807, 2.05) is 36.3 Å². The van der Waals surface area contributed by atoms with Gasteiger partial charge in [-0.25, -0.2) is 0 Å². The predicted molar refractivity (Wildman–Crippen MR) is 125 cm³/mol. The van der Waals surface area contributed by atoms with Crippen molar-refractivity contribution < 1.29 is 19.1 Å². The van der Waals surface area contributed by atoms with Crippen molar-refractivity contribution in [3.8, 4) is 5.75 Å². The average molecular weight is 458 g/mol.